The molecular weight excluding hydrogens is 405 g/mol. The number of nitrogens with zero attached hydrogens (tertiary/aromatic N) is 1. The number of carbonyl (C=O) groups excluding carboxylic acids is 1. The van der Waals surface area contributed by atoms with E-state index in [-0.39, 0.29) is 36.8 Å². The molecule has 1 amide bonds. The lowest BCUT2D eigenvalue weighted by molar-refractivity contribution is -0.121. The van der Waals surface area contributed by atoms with E-state index < -0.39 is 0 Å². The zero-order valence-corrected chi connectivity index (χ0v) is 18.3. The lowest BCUT2D eigenvalue weighted by atomic mass is 10.0. The SMILES string of the molecule is Cc1cccc(C(CNC(=O)CC2CSCCN2)N2CCOCC2)c1.Cl.Cl. The highest BCUT2D eigenvalue weighted by molar-refractivity contribution is 7.99. The van der Waals surface area contributed by atoms with Crippen molar-refractivity contribution >= 4 is 42.5 Å². The second-order valence-electron chi connectivity index (χ2n) is 6.81. The number of carbonyl (C=O) groups is 1. The maximum atomic E-state index is 12.4. The molecule has 0 saturated carbocycles. The minimum atomic E-state index is 0. The van der Waals surface area contributed by atoms with Gasteiger partial charge in [-0.05, 0) is 12.5 Å². The number of thioether (sulfide) groups is 1. The molecule has 5 nitrogen and oxygen atoms in total. The monoisotopic (exact) mass is 435 g/mol. The Labute approximate surface area is 179 Å². The highest BCUT2D eigenvalue weighted by Crippen LogP contribution is 2.22. The van der Waals surface area contributed by atoms with Crippen LogP contribution in [0.1, 0.15) is 23.6 Å². The van der Waals surface area contributed by atoms with Crippen LogP contribution in [0.25, 0.3) is 0 Å². The van der Waals surface area contributed by atoms with Gasteiger partial charge in [0.1, 0.15) is 0 Å². The lowest BCUT2D eigenvalue weighted by Gasteiger charge is -2.35. The molecule has 2 saturated heterocycles. The molecule has 2 fully saturated rings. The molecule has 2 N–H and O–H groups in total. The van der Waals surface area contributed by atoms with Crippen molar-refractivity contribution in [3.8, 4) is 0 Å². The number of nitrogens with one attached hydrogen (secondary N) is 2. The molecule has 8 heteroatoms. The van der Waals surface area contributed by atoms with Crippen LogP contribution in [0.5, 0.6) is 0 Å². The van der Waals surface area contributed by atoms with Gasteiger partial charge in [0.05, 0.1) is 19.3 Å². The summed E-state index contributed by atoms with van der Waals surface area (Å²) in [5.41, 5.74) is 2.53. The Morgan fingerprint density at radius 2 is 2.15 bits per heavy atom. The zero-order chi connectivity index (χ0) is 17.5. The van der Waals surface area contributed by atoms with Crippen LogP contribution in [-0.4, -0.2) is 67.7 Å². The van der Waals surface area contributed by atoms with Gasteiger partial charge in [0.2, 0.25) is 5.91 Å². The quantitative estimate of drug-likeness (QED) is 0.718. The maximum Gasteiger partial charge on any atom is 0.221 e. The van der Waals surface area contributed by atoms with Crippen LogP contribution in [-0.2, 0) is 9.53 Å². The van der Waals surface area contributed by atoms with Crippen LogP contribution in [0.4, 0.5) is 0 Å². The van der Waals surface area contributed by atoms with Crippen LogP contribution in [0.3, 0.4) is 0 Å². The number of halogens is 2. The molecule has 3 rings (SSSR count). The highest BCUT2D eigenvalue weighted by Gasteiger charge is 2.24. The molecule has 0 radical (unpaired) electrons. The molecule has 2 heterocycles. The minimum absolute atomic E-state index is 0. The molecule has 27 heavy (non-hydrogen) atoms. The van der Waals surface area contributed by atoms with Crippen molar-refractivity contribution in [3.63, 3.8) is 0 Å². The molecule has 154 valence electrons. The second kappa shape index (κ2) is 12.9. The summed E-state index contributed by atoms with van der Waals surface area (Å²) in [7, 11) is 0. The van der Waals surface area contributed by atoms with Crippen molar-refractivity contribution in [3.05, 3.63) is 35.4 Å². The van der Waals surface area contributed by atoms with E-state index in [0.717, 1.165) is 44.4 Å². The van der Waals surface area contributed by atoms with Crippen LogP contribution in [0.15, 0.2) is 24.3 Å². The Bertz CT molecular complexity index is 568. The smallest absolute Gasteiger partial charge is 0.221 e. The highest BCUT2D eigenvalue weighted by atomic mass is 35.5. The van der Waals surface area contributed by atoms with E-state index in [9.17, 15) is 4.79 Å². The predicted molar refractivity (Wildman–Crippen MR) is 118 cm³/mol. The summed E-state index contributed by atoms with van der Waals surface area (Å²) >= 11 is 1.93. The number of hydrogen-bond donors (Lipinski definition) is 2. The largest absolute Gasteiger partial charge is 0.379 e. The fourth-order valence-electron chi connectivity index (χ4n) is 3.48. The van der Waals surface area contributed by atoms with Crippen LogP contribution in [0.2, 0.25) is 0 Å². The average molecular weight is 436 g/mol. The van der Waals surface area contributed by atoms with Gasteiger partial charge in [0, 0.05) is 50.1 Å². The van der Waals surface area contributed by atoms with E-state index in [1.807, 2.05) is 11.8 Å². The topological polar surface area (TPSA) is 53.6 Å². The van der Waals surface area contributed by atoms with Crippen molar-refractivity contribution in [1.82, 2.24) is 15.5 Å². The maximum absolute atomic E-state index is 12.4. The van der Waals surface area contributed by atoms with Gasteiger partial charge in [-0.15, -0.1) is 24.8 Å². The Kier molecular flexibility index (Phi) is 11.7. The molecule has 0 aliphatic carbocycles. The molecule has 2 aliphatic rings. The first-order chi connectivity index (χ1) is 12.2. The summed E-state index contributed by atoms with van der Waals surface area (Å²) in [6, 6.07) is 9.12. The third-order valence-corrected chi connectivity index (χ3v) is 5.97. The van der Waals surface area contributed by atoms with Crippen molar-refractivity contribution in [2.45, 2.75) is 25.4 Å². The third-order valence-electron chi connectivity index (χ3n) is 4.84. The fourth-order valence-corrected chi connectivity index (χ4v) is 4.43. The van der Waals surface area contributed by atoms with E-state index in [2.05, 4.69) is 46.7 Å². The van der Waals surface area contributed by atoms with E-state index in [4.69, 9.17) is 4.74 Å². The average Bonchev–Trinajstić information content (AvgIpc) is 2.64. The Balaban J connectivity index is 0.00000182. The molecule has 2 aliphatic heterocycles. The standard InChI is InChI=1S/C19H29N3O2S.2ClH/c1-15-3-2-4-16(11-15)18(22-6-8-24-9-7-22)13-21-19(23)12-17-14-25-10-5-20-17;;/h2-4,11,17-18,20H,5-10,12-14H2,1H3,(H,21,23);2*1H. The molecule has 0 bridgehead atoms. The van der Waals surface area contributed by atoms with Crippen LogP contribution >= 0.6 is 36.6 Å². The molecule has 1 aromatic rings. The number of amides is 1. The summed E-state index contributed by atoms with van der Waals surface area (Å²) in [4.78, 5) is 14.8. The van der Waals surface area contributed by atoms with Crippen molar-refractivity contribution in [1.29, 1.82) is 0 Å². The fraction of sp³-hybridized carbons (Fsp3) is 0.632. The number of ether oxygens (including phenoxy) is 1. The first kappa shape index (κ1) is 24.5. The molecule has 0 aromatic heterocycles. The lowest BCUT2D eigenvalue weighted by Crippen LogP contribution is -2.45. The van der Waals surface area contributed by atoms with Crippen molar-refractivity contribution in [2.24, 2.45) is 0 Å². The molecule has 2 unspecified atom stereocenters. The normalized spacial score (nSPS) is 21.4. The van der Waals surface area contributed by atoms with Crippen LogP contribution in [0, 0.1) is 6.92 Å². The van der Waals surface area contributed by atoms with E-state index >= 15 is 0 Å². The van der Waals surface area contributed by atoms with Crippen molar-refractivity contribution < 1.29 is 9.53 Å². The first-order valence-electron chi connectivity index (χ1n) is 9.18. The van der Waals surface area contributed by atoms with Gasteiger partial charge in [0.25, 0.3) is 0 Å². The number of rotatable bonds is 6. The van der Waals surface area contributed by atoms with Gasteiger partial charge in [-0.3, -0.25) is 9.69 Å². The number of benzene rings is 1. The Hall–Kier alpha value is -0.500. The zero-order valence-electron chi connectivity index (χ0n) is 15.8. The third kappa shape index (κ3) is 7.80. The van der Waals surface area contributed by atoms with Gasteiger partial charge in [-0.25, -0.2) is 0 Å². The predicted octanol–water partition coefficient (Wildman–Crippen LogP) is 2.42. The molecule has 0 spiro atoms. The van der Waals surface area contributed by atoms with E-state index in [1.165, 1.54) is 11.1 Å². The number of hydrogen-bond acceptors (Lipinski definition) is 5. The molecule has 1 aromatic carbocycles. The Morgan fingerprint density at radius 3 is 2.81 bits per heavy atom. The number of aryl methyl sites for hydroxylation is 1. The molecular formula is C19H31Cl2N3O2S. The molecule has 2 atom stereocenters. The van der Waals surface area contributed by atoms with E-state index in [1.54, 1.807) is 0 Å². The van der Waals surface area contributed by atoms with Gasteiger partial charge >= 0.3 is 0 Å². The summed E-state index contributed by atoms with van der Waals surface area (Å²) in [5.74, 6) is 2.31. The second-order valence-corrected chi connectivity index (χ2v) is 7.96. The van der Waals surface area contributed by atoms with Gasteiger partial charge in [-0.1, -0.05) is 29.8 Å². The summed E-state index contributed by atoms with van der Waals surface area (Å²) in [6.07, 6.45) is 0.566. The minimum Gasteiger partial charge on any atom is -0.379 e. The van der Waals surface area contributed by atoms with Crippen LogP contribution < -0.4 is 10.6 Å². The van der Waals surface area contributed by atoms with E-state index in [0.29, 0.717) is 19.0 Å². The summed E-state index contributed by atoms with van der Waals surface area (Å²) in [5, 5.41) is 6.61. The van der Waals surface area contributed by atoms with Gasteiger partial charge in [0.15, 0.2) is 0 Å². The van der Waals surface area contributed by atoms with Crippen molar-refractivity contribution in [2.75, 3.05) is 50.9 Å². The Morgan fingerprint density at radius 1 is 1.37 bits per heavy atom. The van der Waals surface area contributed by atoms with Gasteiger partial charge in [-0.2, -0.15) is 11.8 Å². The summed E-state index contributed by atoms with van der Waals surface area (Å²) in [6.45, 7) is 7.12. The summed E-state index contributed by atoms with van der Waals surface area (Å²) < 4.78 is 5.50. The number of morpholine rings is 1. The first-order valence-corrected chi connectivity index (χ1v) is 10.3. The van der Waals surface area contributed by atoms with Gasteiger partial charge < -0.3 is 15.4 Å².